The van der Waals surface area contributed by atoms with Gasteiger partial charge in [0.2, 0.25) is 0 Å². The van der Waals surface area contributed by atoms with E-state index in [0.29, 0.717) is 12.0 Å². The van der Waals surface area contributed by atoms with Crippen LogP contribution in [0, 0.1) is 0 Å². The van der Waals surface area contributed by atoms with Crippen molar-refractivity contribution in [3.8, 4) is 0 Å². The summed E-state index contributed by atoms with van der Waals surface area (Å²) in [5, 5.41) is 0. The Morgan fingerprint density at radius 2 is 1.25 bits per heavy atom. The molecule has 4 aromatic rings. The molecule has 0 fully saturated rings. The van der Waals surface area contributed by atoms with E-state index in [2.05, 4.69) is 139 Å². The Bertz CT molecular complexity index is 1140. The largest absolute Gasteiger partial charge is 0.370 e. The Balaban J connectivity index is 1.68. The average molecular weight is 419 g/mol. The summed E-state index contributed by atoms with van der Waals surface area (Å²) in [6.07, 6.45) is 1.00. The highest BCUT2D eigenvalue weighted by Crippen LogP contribution is 2.49. The molecule has 5 rings (SSSR count). The zero-order chi connectivity index (χ0) is 21.9. The van der Waals surface area contributed by atoms with Gasteiger partial charge in [-0.15, -0.1) is 0 Å². The van der Waals surface area contributed by atoms with E-state index in [1.54, 1.807) is 0 Å². The maximum Gasteiger partial charge on any atom is 0.0647 e. The fraction of sp³-hybridized carbons (Fsp3) is 0.200. The topological polar surface area (TPSA) is 6.48 Å². The van der Waals surface area contributed by atoms with Crippen LogP contribution in [0.15, 0.2) is 115 Å². The molecule has 0 unspecified atom stereocenters. The van der Waals surface area contributed by atoms with E-state index in [4.69, 9.17) is 0 Å². The Morgan fingerprint density at radius 1 is 0.688 bits per heavy atom. The molecule has 4 aromatic carbocycles. The third-order valence-electron chi connectivity index (χ3n) is 6.94. The van der Waals surface area contributed by atoms with E-state index in [0.717, 1.165) is 6.42 Å². The molecule has 1 aliphatic heterocycles. The first-order chi connectivity index (χ1) is 15.7. The molecule has 0 spiro atoms. The van der Waals surface area contributed by atoms with E-state index in [-0.39, 0.29) is 6.04 Å². The van der Waals surface area contributed by atoms with Gasteiger partial charge in [-0.25, -0.2) is 0 Å². The van der Waals surface area contributed by atoms with Gasteiger partial charge < -0.3 is 9.80 Å². The van der Waals surface area contributed by atoms with Crippen LogP contribution in [-0.4, -0.2) is 20.1 Å². The maximum absolute atomic E-state index is 2.51. The summed E-state index contributed by atoms with van der Waals surface area (Å²) in [4.78, 5) is 4.98. The molecule has 0 N–H and O–H groups in total. The molecule has 0 bridgehead atoms. The van der Waals surface area contributed by atoms with E-state index in [1.165, 1.54) is 28.1 Å². The summed E-state index contributed by atoms with van der Waals surface area (Å²) in [6, 6.07) is 42.3. The lowest BCUT2D eigenvalue weighted by Gasteiger charge is -2.50. The summed E-state index contributed by atoms with van der Waals surface area (Å²) in [6.45, 7) is 0. The van der Waals surface area contributed by atoms with Gasteiger partial charge in [-0.2, -0.15) is 0 Å². The summed E-state index contributed by atoms with van der Waals surface area (Å²) < 4.78 is 0. The van der Waals surface area contributed by atoms with Crippen LogP contribution in [-0.2, 0) is 6.42 Å². The summed E-state index contributed by atoms with van der Waals surface area (Å²) in [7, 11) is 4.51. The van der Waals surface area contributed by atoms with E-state index >= 15 is 0 Å². The van der Waals surface area contributed by atoms with Gasteiger partial charge in [0, 0.05) is 37.4 Å². The molecule has 2 heteroatoms. The molecule has 0 saturated carbocycles. The molecule has 32 heavy (non-hydrogen) atoms. The van der Waals surface area contributed by atoms with Crippen LogP contribution >= 0.6 is 0 Å². The molecule has 2 nitrogen and oxygen atoms in total. The maximum atomic E-state index is 2.51. The van der Waals surface area contributed by atoms with Crippen molar-refractivity contribution in [1.29, 1.82) is 0 Å². The number of fused-ring (bicyclic) bond motifs is 1. The zero-order valence-corrected chi connectivity index (χ0v) is 18.8. The number of anilines is 2. The molecule has 0 aromatic heterocycles. The van der Waals surface area contributed by atoms with Crippen molar-refractivity contribution in [1.82, 2.24) is 0 Å². The Labute approximate surface area is 191 Å². The first-order valence-electron chi connectivity index (χ1n) is 11.4. The van der Waals surface area contributed by atoms with Gasteiger partial charge in [-0.05, 0) is 41.3 Å². The van der Waals surface area contributed by atoms with Gasteiger partial charge in [0.05, 0.1) is 6.04 Å². The van der Waals surface area contributed by atoms with Crippen molar-refractivity contribution < 1.29 is 0 Å². The number of hydrogen-bond donors (Lipinski definition) is 0. The van der Waals surface area contributed by atoms with E-state index < -0.39 is 0 Å². The smallest absolute Gasteiger partial charge is 0.0647 e. The Kier molecular flexibility index (Phi) is 5.68. The van der Waals surface area contributed by atoms with Crippen LogP contribution in [0.1, 0.15) is 28.7 Å². The zero-order valence-electron chi connectivity index (χ0n) is 18.8. The number of hydrogen-bond acceptors (Lipinski definition) is 2. The third kappa shape index (κ3) is 3.78. The number of rotatable bonds is 5. The minimum atomic E-state index is 0.237. The van der Waals surface area contributed by atoms with Crippen LogP contribution in [0.3, 0.4) is 0 Å². The van der Waals surface area contributed by atoms with Gasteiger partial charge in [-0.1, -0.05) is 97.1 Å². The van der Waals surface area contributed by atoms with Gasteiger partial charge >= 0.3 is 0 Å². The predicted molar refractivity (Wildman–Crippen MR) is 136 cm³/mol. The van der Waals surface area contributed by atoms with Crippen LogP contribution in [0.25, 0.3) is 0 Å². The van der Waals surface area contributed by atoms with Crippen molar-refractivity contribution in [2.24, 2.45) is 0 Å². The SMILES string of the molecule is CN1c2ccccc2[C@@H](N(C)c2ccccc2)[C@H](c2ccccc2)[C@H]1Cc1ccccc1. The minimum absolute atomic E-state index is 0.237. The fourth-order valence-corrected chi connectivity index (χ4v) is 5.35. The van der Waals surface area contributed by atoms with Crippen LogP contribution in [0.4, 0.5) is 11.4 Å². The van der Waals surface area contributed by atoms with Crippen molar-refractivity contribution in [2.75, 3.05) is 23.9 Å². The molecule has 0 amide bonds. The Hall–Kier alpha value is -3.52. The highest BCUT2D eigenvalue weighted by molar-refractivity contribution is 5.63. The van der Waals surface area contributed by atoms with Gasteiger partial charge in [0.25, 0.3) is 0 Å². The number of benzene rings is 4. The van der Waals surface area contributed by atoms with Gasteiger partial charge in [0.15, 0.2) is 0 Å². The standard InChI is InChI=1S/C30H30N2/c1-31(25-18-10-5-11-19-25)30-26-20-12-13-21-27(26)32(2)28(22-23-14-6-3-7-15-23)29(30)24-16-8-4-9-17-24/h3-21,28-30H,22H2,1-2H3/t28-,29-,30-/m1/s1. The second kappa shape index (κ2) is 8.92. The molecule has 0 radical (unpaired) electrons. The van der Waals surface area contributed by atoms with Crippen molar-refractivity contribution in [2.45, 2.75) is 24.4 Å². The first-order valence-corrected chi connectivity index (χ1v) is 11.4. The van der Waals surface area contributed by atoms with Crippen molar-refractivity contribution >= 4 is 11.4 Å². The molecular weight excluding hydrogens is 388 g/mol. The number of para-hydroxylation sites is 2. The van der Waals surface area contributed by atoms with Crippen LogP contribution < -0.4 is 9.80 Å². The summed E-state index contributed by atoms with van der Waals surface area (Å²) >= 11 is 0. The molecule has 160 valence electrons. The minimum Gasteiger partial charge on any atom is -0.370 e. The molecule has 0 saturated heterocycles. The Morgan fingerprint density at radius 3 is 1.94 bits per heavy atom. The lowest BCUT2D eigenvalue weighted by molar-refractivity contribution is 0.406. The van der Waals surface area contributed by atoms with Crippen molar-refractivity contribution in [3.63, 3.8) is 0 Å². The predicted octanol–water partition coefficient (Wildman–Crippen LogP) is 6.71. The van der Waals surface area contributed by atoms with E-state index in [9.17, 15) is 0 Å². The van der Waals surface area contributed by atoms with Gasteiger partial charge in [0.1, 0.15) is 0 Å². The first kappa shape index (κ1) is 20.4. The fourth-order valence-electron chi connectivity index (χ4n) is 5.35. The molecule has 1 aliphatic rings. The molecular formula is C30H30N2. The van der Waals surface area contributed by atoms with Crippen molar-refractivity contribution in [3.05, 3.63) is 132 Å². The lowest BCUT2D eigenvalue weighted by atomic mass is 9.74. The molecule has 0 aliphatic carbocycles. The van der Waals surface area contributed by atoms with Crippen LogP contribution in [0.5, 0.6) is 0 Å². The van der Waals surface area contributed by atoms with Crippen LogP contribution in [0.2, 0.25) is 0 Å². The molecule has 1 heterocycles. The second-order valence-corrected chi connectivity index (χ2v) is 8.75. The van der Waals surface area contributed by atoms with Gasteiger partial charge in [-0.3, -0.25) is 0 Å². The summed E-state index contributed by atoms with van der Waals surface area (Å²) in [5.74, 6) is 0.321. The third-order valence-corrected chi connectivity index (χ3v) is 6.94. The number of likely N-dealkylation sites (N-methyl/N-ethyl adjacent to an activating group) is 2. The second-order valence-electron chi connectivity index (χ2n) is 8.75. The molecule has 3 atom stereocenters. The highest BCUT2D eigenvalue weighted by Gasteiger charge is 2.42. The van der Waals surface area contributed by atoms with E-state index in [1.807, 2.05) is 0 Å². The summed E-state index contributed by atoms with van der Waals surface area (Å²) in [5.41, 5.74) is 6.73. The highest BCUT2D eigenvalue weighted by atomic mass is 15.2. The quantitative estimate of drug-likeness (QED) is 0.355. The average Bonchev–Trinajstić information content (AvgIpc) is 2.87. The lowest BCUT2D eigenvalue weighted by Crippen LogP contribution is -2.49. The normalized spacial score (nSPS) is 19.9. The number of nitrogens with zero attached hydrogens (tertiary/aromatic N) is 2. The monoisotopic (exact) mass is 418 g/mol.